The number of sulfone groups is 1. The summed E-state index contributed by atoms with van der Waals surface area (Å²) in [5, 5.41) is 14.0. The van der Waals surface area contributed by atoms with Gasteiger partial charge in [0, 0.05) is 17.9 Å². The highest BCUT2D eigenvalue weighted by Gasteiger charge is 2.20. The molecule has 0 radical (unpaired) electrons. The highest BCUT2D eigenvalue weighted by Crippen LogP contribution is 2.31. The Labute approximate surface area is 133 Å². The van der Waals surface area contributed by atoms with Crippen LogP contribution in [0.5, 0.6) is 0 Å². The van der Waals surface area contributed by atoms with Crippen molar-refractivity contribution < 1.29 is 17.7 Å². The zero-order valence-corrected chi connectivity index (χ0v) is 13.3. The Bertz CT molecular complexity index is 852. The van der Waals surface area contributed by atoms with Gasteiger partial charge in [-0.2, -0.15) is 0 Å². The van der Waals surface area contributed by atoms with Crippen LogP contribution in [0.4, 0.5) is 15.8 Å². The Hall–Kier alpha value is -2.48. The van der Waals surface area contributed by atoms with Crippen LogP contribution < -0.4 is 5.32 Å². The molecule has 2 aromatic carbocycles. The Balaban J connectivity index is 2.40. The summed E-state index contributed by atoms with van der Waals surface area (Å²) >= 11 is 0. The zero-order valence-electron chi connectivity index (χ0n) is 12.5. The van der Waals surface area contributed by atoms with Gasteiger partial charge in [-0.1, -0.05) is 18.2 Å². The number of nitro groups is 1. The van der Waals surface area contributed by atoms with E-state index in [0.29, 0.717) is 5.56 Å². The molecule has 2 aromatic rings. The molecule has 122 valence electrons. The molecule has 0 aliphatic heterocycles. The van der Waals surface area contributed by atoms with Crippen molar-refractivity contribution in [3.8, 4) is 0 Å². The van der Waals surface area contributed by atoms with Gasteiger partial charge in [-0.3, -0.25) is 10.1 Å². The van der Waals surface area contributed by atoms with E-state index in [2.05, 4.69) is 5.32 Å². The molecule has 0 heterocycles. The molecule has 0 saturated heterocycles. The van der Waals surface area contributed by atoms with Gasteiger partial charge in [-0.15, -0.1) is 0 Å². The molecule has 0 fully saturated rings. The molecular formula is C15H15FN2O4S. The van der Waals surface area contributed by atoms with E-state index in [-0.39, 0.29) is 16.3 Å². The minimum Gasteiger partial charge on any atom is -0.373 e. The van der Waals surface area contributed by atoms with Crippen molar-refractivity contribution in [2.75, 3.05) is 11.6 Å². The average Bonchev–Trinajstić information content (AvgIpc) is 2.46. The van der Waals surface area contributed by atoms with E-state index in [0.717, 1.165) is 12.3 Å². The maximum absolute atomic E-state index is 13.8. The van der Waals surface area contributed by atoms with Crippen molar-refractivity contribution in [3.63, 3.8) is 0 Å². The third-order valence-corrected chi connectivity index (χ3v) is 4.45. The SMILES string of the molecule is C[C@H](Nc1ccc(S(C)(=O)=O)cc1[N+](=O)[O-])c1ccccc1F. The van der Waals surface area contributed by atoms with Crippen molar-refractivity contribution in [1.29, 1.82) is 0 Å². The van der Waals surface area contributed by atoms with Gasteiger partial charge < -0.3 is 5.32 Å². The van der Waals surface area contributed by atoms with Gasteiger partial charge in [0.2, 0.25) is 0 Å². The molecule has 0 amide bonds. The van der Waals surface area contributed by atoms with E-state index < -0.39 is 26.6 Å². The van der Waals surface area contributed by atoms with Crippen molar-refractivity contribution >= 4 is 21.2 Å². The molecule has 1 N–H and O–H groups in total. The summed E-state index contributed by atoms with van der Waals surface area (Å²) in [6.45, 7) is 1.66. The Morgan fingerprint density at radius 1 is 1.22 bits per heavy atom. The predicted octanol–water partition coefficient (Wildman–Crippen LogP) is 3.31. The van der Waals surface area contributed by atoms with Crippen LogP contribution in [0.25, 0.3) is 0 Å². The van der Waals surface area contributed by atoms with Crippen LogP contribution in [-0.2, 0) is 9.84 Å². The first-order valence-electron chi connectivity index (χ1n) is 6.69. The van der Waals surface area contributed by atoms with Crippen LogP contribution in [0.1, 0.15) is 18.5 Å². The van der Waals surface area contributed by atoms with Crippen molar-refractivity contribution in [2.45, 2.75) is 17.9 Å². The fourth-order valence-electron chi connectivity index (χ4n) is 2.15. The number of nitrogens with zero attached hydrogens (tertiary/aromatic N) is 1. The van der Waals surface area contributed by atoms with E-state index in [1.807, 2.05) is 0 Å². The molecule has 0 bridgehead atoms. The maximum atomic E-state index is 13.8. The van der Waals surface area contributed by atoms with Crippen LogP contribution >= 0.6 is 0 Å². The summed E-state index contributed by atoms with van der Waals surface area (Å²) in [5.41, 5.74) is 0.100. The lowest BCUT2D eigenvalue weighted by Gasteiger charge is -2.16. The first-order valence-corrected chi connectivity index (χ1v) is 8.58. The molecule has 2 rings (SSSR count). The lowest BCUT2D eigenvalue weighted by atomic mass is 10.1. The van der Waals surface area contributed by atoms with Gasteiger partial charge in [0.1, 0.15) is 11.5 Å². The normalized spacial score (nSPS) is 12.7. The molecule has 0 aliphatic carbocycles. The largest absolute Gasteiger partial charge is 0.373 e. The summed E-state index contributed by atoms with van der Waals surface area (Å²) in [6.07, 6.45) is 0.973. The molecular weight excluding hydrogens is 323 g/mol. The number of hydrogen-bond acceptors (Lipinski definition) is 5. The summed E-state index contributed by atoms with van der Waals surface area (Å²) in [4.78, 5) is 10.4. The first-order chi connectivity index (χ1) is 10.7. The monoisotopic (exact) mass is 338 g/mol. The molecule has 0 spiro atoms. The second-order valence-electron chi connectivity index (χ2n) is 5.10. The molecule has 1 atom stereocenters. The molecule has 8 heteroatoms. The van der Waals surface area contributed by atoms with E-state index in [1.165, 1.54) is 18.2 Å². The molecule has 0 aromatic heterocycles. The number of nitrogens with one attached hydrogen (secondary N) is 1. The fraction of sp³-hybridized carbons (Fsp3) is 0.200. The van der Waals surface area contributed by atoms with Crippen molar-refractivity contribution in [1.82, 2.24) is 0 Å². The van der Waals surface area contributed by atoms with Crippen LogP contribution in [0.2, 0.25) is 0 Å². The standard InChI is InChI=1S/C15H15FN2O4S/c1-10(12-5-3-4-6-13(12)16)17-14-8-7-11(23(2,21)22)9-15(14)18(19)20/h3-10,17H,1-2H3/t10-/m0/s1. The van der Waals surface area contributed by atoms with Crippen molar-refractivity contribution in [3.05, 3.63) is 64.0 Å². The quantitative estimate of drug-likeness (QED) is 0.667. The smallest absolute Gasteiger partial charge is 0.293 e. The lowest BCUT2D eigenvalue weighted by Crippen LogP contribution is -2.10. The molecule has 0 unspecified atom stereocenters. The highest BCUT2D eigenvalue weighted by molar-refractivity contribution is 7.90. The molecule has 0 aliphatic rings. The lowest BCUT2D eigenvalue weighted by molar-refractivity contribution is -0.384. The Morgan fingerprint density at radius 2 is 1.87 bits per heavy atom. The van der Waals surface area contributed by atoms with E-state index in [1.54, 1.807) is 25.1 Å². The minimum absolute atomic E-state index is 0.123. The maximum Gasteiger partial charge on any atom is 0.293 e. The first kappa shape index (κ1) is 16.9. The van der Waals surface area contributed by atoms with Crippen LogP contribution in [0.15, 0.2) is 47.4 Å². The van der Waals surface area contributed by atoms with Crippen LogP contribution in [0, 0.1) is 15.9 Å². The number of benzene rings is 2. The van der Waals surface area contributed by atoms with Gasteiger partial charge >= 0.3 is 0 Å². The van der Waals surface area contributed by atoms with E-state index in [9.17, 15) is 22.9 Å². The summed E-state index contributed by atoms with van der Waals surface area (Å²) in [6, 6.07) is 9.14. The van der Waals surface area contributed by atoms with E-state index >= 15 is 0 Å². The van der Waals surface area contributed by atoms with Gasteiger partial charge in [0.15, 0.2) is 9.84 Å². The average molecular weight is 338 g/mol. The molecule has 0 saturated carbocycles. The van der Waals surface area contributed by atoms with Crippen molar-refractivity contribution in [2.24, 2.45) is 0 Å². The number of halogens is 1. The number of hydrogen-bond donors (Lipinski definition) is 1. The third-order valence-electron chi connectivity index (χ3n) is 3.34. The zero-order chi connectivity index (χ0) is 17.2. The number of rotatable bonds is 5. The third kappa shape index (κ3) is 3.84. The summed E-state index contributed by atoms with van der Waals surface area (Å²) in [7, 11) is -3.56. The highest BCUT2D eigenvalue weighted by atomic mass is 32.2. The minimum atomic E-state index is -3.56. The van der Waals surface area contributed by atoms with Crippen LogP contribution in [0.3, 0.4) is 0 Å². The summed E-state index contributed by atoms with van der Waals surface area (Å²) < 4.78 is 36.8. The van der Waals surface area contributed by atoms with Gasteiger partial charge in [0.05, 0.1) is 15.9 Å². The van der Waals surface area contributed by atoms with Gasteiger partial charge in [-0.25, -0.2) is 12.8 Å². The second-order valence-corrected chi connectivity index (χ2v) is 7.11. The number of anilines is 1. The van der Waals surface area contributed by atoms with Gasteiger partial charge in [-0.05, 0) is 25.1 Å². The second kappa shape index (κ2) is 6.33. The molecule has 23 heavy (non-hydrogen) atoms. The Morgan fingerprint density at radius 3 is 2.43 bits per heavy atom. The Kier molecular flexibility index (Phi) is 4.65. The predicted molar refractivity (Wildman–Crippen MR) is 84.6 cm³/mol. The van der Waals surface area contributed by atoms with Crippen LogP contribution in [-0.4, -0.2) is 19.6 Å². The van der Waals surface area contributed by atoms with Gasteiger partial charge in [0.25, 0.3) is 5.69 Å². The number of nitro benzene ring substituents is 1. The fourth-order valence-corrected chi connectivity index (χ4v) is 2.79. The topological polar surface area (TPSA) is 89.3 Å². The summed E-state index contributed by atoms with van der Waals surface area (Å²) in [5.74, 6) is -0.428. The molecule has 6 nitrogen and oxygen atoms in total. The van der Waals surface area contributed by atoms with E-state index in [4.69, 9.17) is 0 Å².